The molecule has 2 heterocycles. The lowest BCUT2D eigenvalue weighted by atomic mass is 10.1. The molecule has 28 heavy (non-hydrogen) atoms. The molecule has 2 aliphatic rings. The van der Waals surface area contributed by atoms with Crippen molar-refractivity contribution in [2.75, 3.05) is 26.2 Å². The van der Waals surface area contributed by atoms with Gasteiger partial charge in [-0.15, -0.1) is 12.4 Å². The Hall–Kier alpha value is -1.95. The topological polar surface area (TPSA) is 48.5 Å². The molecule has 6 heteroatoms. The molecular weight excluding hydrogens is 372 g/mol. The minimum atomic E-state index is 0. The molecule has 150 valence electrons. The molecule has 4 rings (SSSR count). The van der Waals surface area contributed by atoms with Crippen LogP contribution in [0.1, 0.15) is 35.6 Å². The first-order valence-electron chi connectivity index (χ1n) is 9.90. The monoisotopic (exact) mass is 400 g/mol. The number of pyridine rings is 1. The van der Waals surface area contributed by atoms with E-state index in [-0.39, 0.29) is 24.4 Å². The Morgan fingerprint density at radius 1 is 1.25 bits per heavy atom. The molecule has 0 radical (unpaired) electrons. The van der Waals surface area contributed by atoms with E-state index < -0.39 is 0 Å². The zero-order valence-electron chi connectivity index (χ0n) is 16.4. The third-order valence-corrected chi connectivity index (χ3v) is 5.54. The van der Waals surface area contributed by atoms with Crippen LogP contribution in [0.5, 0.6) is 0 Å². The van der Waals surface area contributed by atoms with Gasteiger partial charge in [0.2, 0.25) is 5.91 Å². The van der Waals surface area contributed by atoms with E-state index in [2.05, 4.69) is 57.4 Å². The summed E-state index contributed by atoms with van der Waals surface area (Å²) in [6.45, 7) is 5.95. The van der Waals surface area contributed by atoms with Crippen molar-refractivity contribution in [2.45, 2.75) is 38.4 Å². The minimum Gasteiger partial charge on any atom is -0.334 e. The van der Waals surface area contributed by atoms with Gasteiger partial charge in [0.05, 0.1) is 6.54 Å². The molecule has 1 aromatic carbocycles. The summed E-state index contributed by atoms with van der Waals surface area (Å²) < 4.78 is 0. The standard InChI is InChI=1S/C22H28N4O.ClH/c1-17-4-6-18(7-5-17)15-26(20-8-9-20)22(27)16-25-12-11-24-14-21(25)19-3-2-10-23-13-19;/h2-7,10,13,20-21,24H,8-9,11-12,14-16H2,1H3;1H. The summed E-state index contributed by atoms with van der Waals surface area (Å²) in [6.07, 6.45) is 5.97. The summed E-state index contributed by atoms with van der Waals surface area (Å²) in [7, 11) is 0. The SMILES string of the molecule is Cc1ccc(CN(C(=O)CN2CCNCC2c2cccnc2)C2CC2)cc1.Cl. The molecule has 1 saturated carbocycles. The van der Waals surface area contributed by atoms with E-state index in [1.807, 2.05) is 12.3 Å². The summed E-state index contributed by atoms with van der Waals surface area (Å²) in [5.41, 5.74) is 3.64. The van der Waals surface area contributed by atoms with Crippen molar-refractivity contribution in [3.63, 3.8) is 0 Å². The van der Waals surface area contributed by atoms with E-state index in [0.29, 0.717) is 19.1 Å². The highest BCUT2D eigenvalue weighted by atomic mass is 35.5. The quantitative estimate of drug-likeness (QED) is 0.809. The molecule has 2 fully saturated rings. The van der Waals surface area contributed by atoms with Crippen molar-refractivity contribution < 1.29 is 4.79 Å². The van der Waals surface area contributed by atoms with Crippen LogP contribution in [-0.2, 0) is 11.3 Å². The zero-order chi connectivity index (χ0) is 18.6. The number of nitrogens with one attached hydrogen (secondary N) is 1. The van der Waals surface area contributed by atoms with Gasteiger partial charge in [0.25, 0.3) is 0 Å². The summed E-state index contributed by atoms with van der Waals surface area (Å²) >= 11 is 0. The fourth-order valence-electron chi connectivity index (χ4n) is 3.80. The van der Waals surface area contributed by atoms with E-state index in [1.54, 1.807) is 6.20 Å². The molecule has 5 nitrogen and oxygen atoms in total. The van der Waals surface area contributed by atoms with Crippen LogP contribution in [0.15, 0.2) is 48.8 Å². The van der Waals surface area contributed by atoms with Gasteiger partial charge >= 0.3 is 0 Å². The van der Waals surface area contributed by atoms with Gasteiger partial charge in [0.1, 0.15) is 0 Å². The van der Waals surface area contributed by atoms with Crippen molar-refractivity contribution >= 4 is 18.3 Å². The number of rotatable bonds is 6. The number of aryl methyl sites for hydroxylation is 1. The molecule has 1 aliphatic heterocycles. The highest BCUT2D eigenvalue weighted by Gasteiger charge is 2.34. The predicted octanol–water partition coefficient (Wildman–Crippen LogP) is 2.95. The van der Waals surface area contributed by atoms with Crippen molar-refractivity contribution in [2.24, 2.45) is 0 Å². The second-order valence-electron chi connectivity index (χ2n) is 7.72. The first-order valence-corrected chi connectivity index (χ1v) is 9.90. The molecular formula is C22H29ClN4O. The van der Waals surface area contributed by atoms with Crippen molar-refractivity contribution in [3.05, 3.63) is 65.5 Å². The number of nitrogens with zero attached hydrogens (tertiary/aromatic N) is 3. The fraction of sp³-hybridized carbons (Fsp3) is 0.455. The highest BCUT2D eigenvalue weighted by Crippen LogP contribution is 2.29. The lowest BCUT2D eigenvalue weighted by molar-refractivity contribution is -0.134. The number of benzene rings is 1. The first kappa shape index (κ1) is 20.8. The van der Waals surface area contributed by atoms with Crippen LogP contribution in [0.25, 0.3) is 0 Å². The van der Waals surface area contributed by atoms with Crippen molar-refractivity contribution in [3.8, 4) is 0 Å². The van der Waals surface area contributed by atoms with Crippen LogP contribution in [-0.4, -0.2) is 52.9 Å². The fourth-order valence-corrected chi connectivity index (χ4v) is 3.80. The predicted molar refractivity (Wildman–Crippen MR) is 113 cm³/mol. The smallest absolute Gasteiger partial charge is 0.237 e. The van der Waals surface area contributed by atoms with Gasteiger partial charge in [-0.05, 0) is 37.0 Å². The van der Waals surface area contributed by atoms with Gasteiger partial charge in [-0.2, -0.15) is 0 Å². The molecule has 1 saturated heterocycles. The number of carbonyl (C=O) groups is 1. The zero-order valence-corrected chi connectivity index (χ0v) is 17.2. The molecule has 2 aromatic rings. The number of carbonyl (C=O) groups excluding carboxylic acids is 1. The largest absolute Gasteiger partial charge is 0.334 e. The van der Waals surface area contributed by atoms with Gasteiger partial charge in [-0.3, -0.25) is 14.7 Å². The van der Waals surface area contributed by atoms with Gasteiger partial charge in [0, 0.05) is 50.7 Å². The summed E-state index contributed by atoms with van der Waals surface area (Å²) in [5, 5.41) is 3.45. The molecule has 1 aromatic heterocycles. The van der Waals surface area contributed by atoms with Crippen LogP contribution in [0, 0.1) is 6.92 Å². The van der Waals surface area contributed by atoms with Crippen LogP contribution >= 0.6 is 12.4 Å². The van der Waals surface area contributed by atoms with Gasteiger partial charge in [0.15, 0.2) is 0 Å². The van der Waals surface area contributed by atoms with Crippen molar-refractivity contribution in [1.82, 2.24) is 20.1 Å². The number of halogens is 1. The lowest BCUT2D eigenvalue weighted by Gasteiger charge is -2.37. The normalized spacial score (nSPS) is 19.7. The summed E-state index contributed by atoms with van der Waals surface area (Å²) in [6, 6.07) is 13.2. The Morgan fingerprint density at radius 2 is 2.04 bits per heavy atom. The van der Waals surface area contributed by atoms with E-state index >= 15 is 0 Å². The Labute approximate surface area is 173 Å². The van der Waals surface area contributed by atoms with Gasteiger partial charge in [-0.1, -0.05) is 35.9 Å². The van der Waals surface area contributed by atoms with E-state index in [9.17, 15) is 4.79 Å². The minimum absolute atomic E-state index is 0. The van der Waals surface area contributed by atoms with E-state index in [4.69, 9.17) is 0 Å². The third-order valence-electron chi connectivity index (χ3n) is 5.54. The first-order chi connectivity index (χ1) is 13.2. The Balaban J connectivity index is 0.00000225. The average Bonchev–Trinajstić information content (AvgIpc) is 3.53. The third kappa shape index (κ3) is 5.10. The molecule has 1 N–H and O–H groups in total. The Morgan fingerprint density at radius 3 is 2.71 bits per heavy atom. The molecule has 0 spiro atoms. The van der Waals surface area contributed by atoms with E-state index in [0.717, 1.165) is 32.5 Å². The van der Waals surface area contributed by atoms with E-state index in [1.165, 1.54) is 16.7 Å². The van der Waals surface area contributed by atoms with Crippen LogP contribution in [0.2, 0.25) is 0 Å². The maximum Gasteiger partial charge on any atom is 0.237 e. The molecule has 1 aliphatic carbocycles. The maximum absolute atomic E-state index is 13.2. The van der Waals surface area contributed by atoms with Crippen molar-refractivity contribution in [1.29, 1.82) is 0 Å². The van der Waals surface area contributed by atoms with Gasteiger partial charge in [-0.25, -0.2) is 0 Å². The summed E-state index contributed by atoms with van der Waals surface area (Å²) in [4.78, 5) is 21.8. The molecule has 1 unspecified atom stereocenters. The number of hydrogen-bond donors (Lipinski definition) is 1. The lowest BCUT2D eigenvalue weighted by Crippen LogP contribution is -2.50. The number of aromatic nitrogens is 1. The molecule has 0 bridgehead atoms. The maximum atomic E-state index is 13.2. The Kier molecular flexibility index (Phi) is 7.05. The molecule has 1 atom stereocenters. The molecule has 1 amide bonds. The van der Waals surface area contributed by atoms with Gasteiger partial charge < -0.3 is 10.2 Å². The average molecular weight is 401 g/mol. The van der Waals surface area contributed by atoms with Crippen LogP contribution in [0.4, 0.5) is 0 Å². The second kappa shape index (κ2) is 9.50. The number of piperazine rings is 1. The van der Waals surface area contributed by atoms with Crippen LogP contribution in [0.3, 0.4) is 0 Å². The number of amides is 1. The second-order valence-corrected chi connectivity index (χ2v) is 7.72. The summed E-state index contributed by atoms with van der Waals surface area (Å²) in [5.74, 6) is 0.244. The number of hydrogen-bond acceptors (Lipinski definition) is 4. The van der Waals surface area contributed by atoms with Crippen LogP contribution < -0.4 is 5.32 Å². The highest BCUT2D eigenvalue weighted by molar-refractivity contribution is 5.85. The Bertz CT molecular complexity index is 764.